The molecule has 1 fully saturated rings. The lowest BCUT2D eigenvalue weighted by Gasteiger charge is -2.42. The maximum Gasteiger partial charge on any atom is 0.0304 e. The quantitative estimate of drug-likeness (QED) is 0.756. The Morgan fingerprint density at radius 2 is 1.75 bits per heavy atom. The molecule has 0 spiro atoms. The van der Waals surface area contributed by atoms with Gasteiger partial charge in [-0.2, -0.15) is 0 Å². The Hall–Kier alpha value is -0.0800. The summed E-state index contributed by atoms with van der Waals surface area (Å²) in [5.74, 6) is 2.47. The van der Waals surface area contributed by atoms with E-state index < -0.39 is 0 Å². The Bertz CT molecular complexity index is 191. The van der Waals surface area contributed by atoms with Gasteiger partial charge in [-0.05, 0) is 50.0 Å². The molecule has 0 aromatic rings. The molecular formula is C14H30N2. The van der Waals surface area contributed by atoms with Crippen LogP contribution in [0.5, 0.6) is 0 Å². The molecule has 1 rings (SSSR count). The predicted octanol–water partition coefficient (Wildman–Crippen LogP) is 2.78. The number of rotatable bonds is 5. The van der Waals surface area contributed by atoms with Crippen LogP contribution < -0.4 is 11.1 Å². The molecule has 0 aromatic heterocycles. The first-order valence-electron chi connectivity index (χ1n) is 6.94. The molecule has 0 heterocycles. The van der Waals surface area contributed by atoms with Gasteiger partial charge in [0, 0.05) is 12.1 Å². The van der Waals surface area contributed by atoms with Crippen molar-refractivity contribution in [1.29, 1.82) is 0 Å². The van der Waals surface area contributed by atoms with E-state index in [1.165, 1.54) is 25.7 Å². The lowest BCUT2D eigenvalue weighted by atomic mass is 9.72. The van der Waals surface area contributed by atoms with Gasteiger partial charge < -0.3 is 11.1 Å². The van der Waals surface area contributed by atoms with Crippen molar-refractivity contribution < 1.29 is 0 Å². The summed E-state index contributed by atoms with van der Waals surface area (Å²) in [5.41, 5.74) is 6.23. The maximum atomic E-state index is 5.98. The van der Waals surface area contributed by atoms with Gasteiger partial charge in [0.05, 0.1) is 0 Å². The van der Waals surface area contributed by atoms with E-state index >= 15 is 0 Å². The molecular weight excluding hydrogens is 196 g/mol. The van der Waals surface area contributed by atoms with E-state index in [-0.39, 0.29) is 5.54 Å². The summed E-state index contributed by atoms with van der Waals surface area (Å²) in [6.07, 6.45) is 5.22. The fraction of sp³-hybridized carbons (Fsp3) is 1.00. The average Bonchev–Trinajstić information content (AvgIpc) is 2.27. The largest absolute Gasteiger partial charge is 0.329 e. The van der Waals surface area contributed by atoms with E-state index in [4.69, 9.17) is 5.73 Å². The van der Waals surface area contributed by atoms with Gasteiger partial charge >= 0.3 is 0 Å². The Kier molecular flexibility index (Phi) is 5.26. The lowest BCUT2D eigenvalue weighted by molar-refractivity contribution is 0.162. The molecule has 16 heavy (non-hydrogen) atoms. The third kappa shape index (κ3) is 3.74. The second kappa shape index (κ2) is 6.02. The molecule has 3 N–H and O–H groups in total. The van der Waals surface area contributed by atoms with Crippen molar-refractivity contribution in [3.05, 3.63) is 0 Å². The molecule has 1 saturated carbocycles. The third-order valence-electron chi connectivity index (χ3n) is 4.21. The molecule has 1 aliphatic rings. The van der Waals surface area contributed by atoms with E-state index in [0.29, 0.717) is 5.92 Å². The topological polar surface area (TPSA) is 38.0 Å². The fourth-order valence-electron chi connectivity index (χ4n) is 2.73. The van der Waals surface area contributed by atoms with Crippen molar-refractivity contribution in [3.63, 3.8) is 0 Å². The third-order valence-corrected chi connectivity index (χ3v) is 4.21. The zero-order valence-electron chi connectivity index (χ0n) is 11.6. The standard InChI is InChI=1S/C14H30N2/c1-11(2)9-16-14(10-15)7-5-13(6-8-14)12(3)4/h11-13,16H,5-10,15H2,1-4H3. The normalized spacial score (nSPS) is 31.3. The second-order valence-corrected chi connectivity index (χ2v) is 6.34. The number of nitrogens with two attached hydrogens (primary N) is 1. The van der Waals surface area contributed by atoms with Gasteiger partial charge in [0.25, 0.3) is 0 Å². The molecule has 0 aliphatic heterocycles. The van der Waals surface area contributed by atoms with E-state index in [2.05, 4.69) is 33.0 Å². The van der Waals surface area contributed by atoms with Gasteiger partial charge in [-0.15, -0.1) is 0 Å². The fourth-order valence-corrected chi connectivity index (χ4v) is 2.73. The molecule has 0 saturated heterocycles. The Balaban J connectivity index is 2.45. The molecule has 2 nitrogen and oxygen atoms in total. The summed E-state index contributed by atoms with van der Waals surface area (Å²) in [5, 5.41) is 3.72. The molecule has 2 heteroatoms. The SMILES string of the molecule is CC(C)CNC1(CN)CCC(C(C)C)CC1. The van der Waals surface area contributed by atoms with Crippen LogP contribution in [-0.4, -0.2) is 18.6 Å². The van der Waals surface area contributed by atoms with Crippen LogP contribution >= 0.6 is 0 Å². The first kappa shape index (κ1) is 14.0. The number of nitrogens with one attached hydrogen (secondary N) is 1. The molecule has 1 aliphatic carbocycles. The van der Waals surface area contributed by atoms with Crippen LogP contribution in [0, 0.1) is 17.8 Å². The molecule has 0 aromatic carbocycles. The van der Waals surface area contributed by atoms with Crippen molar-refractivity contribution in [3.8, 4) is 0 Å². The maximum absolute atomic E-state index is 5.98. The lowest BCUT2D eigenvalue weighted by Crippen LogP contribution is -2.54. The number of hydrogen-bond acceptors (Lipinski definition) is 2. The van der Waals surface area contributed by atoms with Crippen molar-refractivity contribution in [1.82, 2.24) is 5.32 Å². The summed E-state index contributed by atoms with van der Waals surface area (Å²) in [6.45, 7) is 11.1. The second-order valence-electron chi connectivity index (χ2n) is 6.34. The van der Waals surface area contributed by atoms with Crippen molar-refractivity contribution in [2.24, 2.45) is 23.5 Å². The molecule has 96 valence electrons. The van der Waals surface area contributed by atoms with Gasteiger partial charge in [0.15, 0.2) is 0 Å². The zero-order valence-corrected chi connectivity index (χ0v) is 11.6. The monoisotopic (exact) mass is 226 g/mol. The highest BCUT2D eigenvalue weighted by Crippen LogP contribution is 2.35. The van der Waals surface area contributed by atoms with Gasteiger partial charge in [0.2, 0.25) is 0 Å². The Morgan fingerprint density at radius 1 is 1.19 bits per heavy atom. The summed E-state index contributed by atoms with van der Waals surface area (Å²) >= 11 is 0. The number of hydrogen-bond donors (Lipinski definition) is 2. The van der Waals surface area contributed by atoms with Crippen LogP contribution in [0.1, 0.15) is 53.4 Å². The van der Waals surface area contributed by atoms with E-state index in [1.807, 2.05) is 0 Å². The zero-order chi connectivity index (χ0) is 12.2. The van der Waals surface area contributed by atoms with E-state index in [9.17, 15) is 0 Å². The predicted molar refractivity (Wildman–Crippen MR) is 71.4 cm³/mol. The molecule has 0 atom stereocenters. The molecule has 0 amide bonds. The highest BCUT2D eigenvalue weighted by molar-refractivity contribution is 4.94. The van der Waals surface area contributed by atoms with Crippen LogP contribution in [0.3, 0.4) is 0 Å². The minimum atomic E-state index is 0.246. The molecule has 0 bridgehead atoms. The minimum Gasteiger partial charge on any atom is -0.329 e. The smallest absolute Gasteiger partial charge is 0.0304 e. The summed E-state index contributed by atoms with van der Waals surface area (Å²) in [6, 6.07) is 0. The average molecular weight is 226 g/mol. The molecule has 0 radical (unpaired) electrons. The summed E-state index contributed by atoms with van der Waals surface area (Å²) in [7, 11) is 0. The van der Waals surface area contributed by atoms with Crippen molar-refractivity contribution in [2.75, 3.05) is 13.1 Å². The molecule has 0 unspecified atom stereocenters. The minimum absolute atomic E-state index is 0.246. The van der Waals surface area contributed by atoms with E-state index in [0.717, 1.165) is 24.9 Å². The van der Waals surface area contributed by atoms with Gasteiger partial charge in [0.1, 0.15) is 0 Å². The van der Waals surface area contributed by atoms with E-state index in [1.54, 1.807) is 0 Å². The Labute approximate surface area is 101 Å². The highest BCUT2D eigenvalue weighted by Gasteiger charge is 2.34. The van der Waals surface area contributed by atoms with Gasteiger partial charge in [-0.1, -0.05) is 27.7 Å². The van der Waals surface area contributed by atoms with Crippen LogP contribution in [0.15, 0.2) is 0 Å². The van der Waals surface area contributed by atoms with Gasteiger partial charge in [-0.3, -0.25) is 0 Å². The van der Waals surface area contributed by atoms with Crippen LogP contribution in [0.4, 0.5) is 0 Å². The van der Waals surface area contributed by atoms with Crippen molar-refractivity contribution >= 4 is 0 Å². The van der Waals surface area contributed by atoms with Crippen LogP contribution in [0.25, 0.3) is 0 Å². The summed E-state index contributed by atoms with van der Waals surface area (Å²) < 4.78 is 0. The van der Waals surface area contributed by atoms with Crippen LogP contribution in [0.2, 0.25) is 0 Å². The van der Waals surface area contributed by atoms with Crippen LogP contribution in [-0.2, 0) is 0 Å². The summed E-state index contributed by atoms with van der Waals surface area (Å²) in [4.78, 5) is 0. The van der Waals surface area contributed by atoms with Crippen molar-refractivity contribution in [2.45, 2.75) is 58.9 Å². The Morgan fingerprint density at radius 3 is 2.12 bits per heavy atom. The highest BCUT2D eigenvalue weighted by atomic mass is 15.0. The first-order chi connectivity index (χ1) is 7.49. The van der Waals surface area contributed by atoms with Gasteiger partial charge in [-0.25, -0.2) is 0 Å². The first-order valence-corrected chi connectivity index (χ1v) is 6.94.